The van der Waals surface area contributed by atoms with Crippen LogP contribution < -0.4 is 4.74 Å². The fourth-order valence-corrected chi connectivity index (χ4v) is 2.25. The largest absolute Gasteiger partial charge is 0.489 e. The molecule has 0 saturated heterocycles. The number of benzene rings is 1. The van der Waals surface area contributed by atoms with Crippen LogP contribution in [0.4, 0.5) is 0 Å². The molecule has 0 aliphatic carbocycles. The van der Waals surface area contributed by atoms with Crippen molar-refractivity contribution in [3.8, 4) is 5.75 Å². The van der Waals surface area contributed by atoms with Crippen LogP contribution in [-0.4, -0.2) is 9.97 Å². The van der Waals surface area contributed by atoms with E-state index >= 15 is 0 Å². The number of hydrogen-bond donors (Lipinski definition) is 0. The van der Waals surface area contributed by atoms with Gasteiger partial charge in [0.25, 0.3) is 0 Å². The Morgan fingerprint density at radius 1 is 1.05 bits per heavy atom. The van der Waals surface area contributed by atoms with Gasteiger partial charge in [0.2, 0.25) is 0 Å². The number of fused-ring (bicyclic) bond motifs is 1. The first kappa shape index (κ1) is 13.2. The molecule has 20 heavy (non-hydrogen) atoms. The summed E-state index contributed by atoms with van der Waals surface area (Å²) in [5.74, 6) is 0.738. The summed E-state index contributed by atoms with van der Waals surface area (Å²) in [4.78, 5) is 8.26. The molecule has 0 unspecified atom stereocenters. The zero-order valence-corrected chi connectivity index (χ0v) is 11.9. The Labute approximate surface area is 126 Å². The average molecular weight is 305 g/mol. The van der Waals surface area contributed by atoms with Gasteiger partial charge in [-0.25, -0.2) is 4.98 Å². The van der Waals surface area contributed by atoms with Gasteiger partial charge in [0.1, 0.15) is 22.7 Å². The summed E-state index contributed by atoms with van der Waals surface area (Å²) in [5.41, 5.74) is 1.68. The number of hydrogen-bond acceptors (Lipinski definition) is 3. The molecule has 0 N–H and O–H groups in total. The molecule has 3 nitrogen and oxygen atoms in total. The molecular weight excluding hydrogens is 295 g/mol. The molecular formula is C15H10Cl2N2O. The van der Waals surface area contributed by atoms with Crippen LogP contribution in [0.2, 0.25) is 10.3 Å². The van der Waals surface area contributed by atoms with Gasteiger partial charge >= 0.3 is 0 Å². The van der Waals surface area contributed by atoms with Crippen LogP contribution in [0.1, 0.15) is 5.56 Å². The standard InChI is InChI=1S/C15H10Cl2N2O/c16-14-6-4-11(15(17)19-14)9-20-12-5-3-10-2-1-7-18-13(10)8-12/h1-8H,9H2. The van der Waals surface area contributed by atoms with Gasteiger partial charge in [-0.15, -0.1) is 0 Å². The normalized spacial score (nSPS) is 10.7. The molecule has 2 aromatic heterocycles. The van der Waals surface area contributed by atoms with Gasteiger partial charge < -0.3 is 4.74 Å². The Morgan fingerprint density at radius 3 is 2.80 bits per heavy atom. The highest BCUT2D eigenvalue weighted by Gasteiger charge is 2.04. The lowest BCUT2D eigenvalue weighted by Gasteiger charge is -2.08. The molecule has 0 aliphatic rings. The number of halogens is 2. The predicted octanol–water partition coefficient (Wildman–Crippen LogP) is 4.52. The summed E-state index contributed by atoms with van der Waals surface area (Å²) in [6.07, 6.45) is 1.76. The molecule has 100 valence electrons. The fraction of sp³-hybridized carbons (Fsp3) is 0.0667. The molecule has 0 aliphatic heterocycles. The zero-order chi connectivity index (χ0) is 13.9. The first-order chi connectivity index (χ1) is 9.72. The first-order valence-corrected chi connectivity index (χ1v) is 6.76. The molecule has 3 aromatic rings. The van der Waals surface area contributed by atoms with E-state index in [0.717, 1.165) is 22.2 Å². The van der Waals surface area contributed by atoms with Crippen molar-refractivity contribution >= 4 is 34.1 Å². The van der Waals surface area contributed by atoms with E-state index in [0.29, 0.717) is 16.9 Å². The lowest BCUT2D eigenvalue weighted by molar-refractivity contribution is 0.306. The van der Waals surface area contributed by atoms with E-state index in [1.54, 1.807) is 18.3 Å². The minimum atomic E-state index is 0.335. The highest BCUT2D eigenvalue weighted by atomic mass is 35.5. The van der Waals surface area contributed by atoms with Gasteiger partial charge in [-0.2, -0.15) is 0 Å². The van der Waals surface area contributed by atoms with Gasteiger partial charge in [-0.1, -0.05) is 29.3 Å². The van der Waals surface area contributed by atoms with Gasteiger partial charge in [0, 0.05) is 23.2 Å². The van der Waals surface area contributed by atoms with E-state index < -0.39 is 0 Å². The second-order valence-corrected chi connectivity index (χ2v) is 4.98. The van der Waals surface area contributed by atoms with Crippen molar-refractivity contribution in [3.63, 3.8) is 0 Å². The van der Waals surface area contributed by atoms with Crippen LogP contribution in [0.15, 0.2) is 48.7 Å². The summed E-state index contributed by atoms with van der Waals surface area (Å²) in [7, 11) is 0. The molecule has 5 heteroatoms. The van der Waals surface area contributed by atoms with Crippen molar-refractivity contribution < 1.29 is 4.74 Å². The smallest absolute Gasteiger partial charge is 0.137 e. The SMILES string of the molecule is Clc1ccc(COc2ccc3cccnc3c2)c(Cl)n1. The third-order valence-electron chi connectivity index (χ3n) is 2.86. The topological polar surface area (TPSA) is 35.0 Å². The highest BCUT2D eigenvalue weighted by molar-refractivity contribution is 6.32. The van der Waals surface area contributed by atoms with E-state index in [1.807, 2.05) is 30.3 Å². The second kappa shape index (κ2) is 5.65. The molecule has 0 fully saturated rings. The van der Waals surface area contributed by atoms with E-state index in [-0.39, 0.29) is 0 Å². The molecule has 0 bridgehead atoms. The number of rotatable bonds is 3. The minimum Gasteiger partial charge on any atom is -0.489 e. The predicted molar refractivity (Wildman–Crippen MR) is 80.3 cm³/mol. The summed E-state index contributed by atoms with van der Waals surface area (Å²) in [5, 5.41) is 1.80. The van der Waals surface area contributed by atoms with Crippen LogP contribution in [0.5, 0.6) is 5.75 Å². The Morgan fingerprint density at radius 2 is 1.95 bits per heavy atom. The number of aromatic nitrogens is 2. The second-order valence-electron chi connectivity index (χ2n) is 4.23. The number of nitrogens with zero attached hydrogens (tertiary/aromatic N) is 2. The maximum absolute atomic E-state index is 6.00. The first-order valence-electron chi connectivity index (χ1n) is 6.01. The summed E-state index contributed by atoms with van der Waals surface area (Å²) >= 11 is 11.8. The highest BCUT2D eigenvalue weighted by Crippen LogP contribution is 2.22. The van der Waals surface area contributed by atoms with E-state index in [2.05, 4.69) is 9.97 Å². The van der Waals surface area contributed by atoms with E-state index in [9.17, 15) is 0 Å². The Balaban J connectivity index is 1.79. The van der Waals surface area contributed by atoms with E-state index in [4.69, 9.17) is 27.9 Å². The molecule has 2 heterocycles. The third kappa shape index (κ3) is 2.84. The molecule has 0 amide bonds. The number of ether oxygens (including phenoxy) is 1. The lowest BCUT2D eigenvalue weighted by Crippen LogP contribution is -1.97. The quantitative estimate of drug-likeness (QED) is 0.668. The van der Waals surface area contributed by atoms with Crippen molar-refractivity contribution in [3.05, 3.63) is 64.5 Å². The van der Waals surface area contributed by atoms with Gasteiger partial charge in [0.15, 0.2) is 0 Å². The molecule has 0 spiro atoms. The van der Waals surface area contributed by atoms with Crippen LogP contribution >= 0.6 is 23.2 Å². The number of pyridine rings is 2. The zero-order valence-electron chi connectivity index (χ0n) is 10.4. The van der Waals surface area contributed by atoms with Crippen molar-refractivity contribution in [2.75, 3.05) is 0 Å². The van der Waals surface area contributed by atoms with Crippen molar-refractivity contribution in [1.29, 1.82) is 0 Å². The van der Waals surface area contributed by atoms with Crippen LogP contribution in [0.3, 0.4) is 0 Å². The monoisotopic (exact) mass is 304 g/mol. The van der Waals surface area contributed by atoms with Crippen molar-refractivity contribution in [1.82, 2.24) is 9.97 Å². The average Bonchev–Trinajstić information content (AvgIpc) is 2.46. The van der Waals surface area contributed by atoms with Crippen molar-refractivity contribution in [2.24, 2.45) is 0 Å². The maximum Gasteiger partial charge on any atom is 0.137 e. The Kier molecular flexibility index (Phi) is 3.72. The van der Waals surface area contributed by atoms with E-state index in [1.165, 1.54) is 0 Å². The van der Waals surface area contributed by atoms with Gasteiger partial charge in [-0.05, 0) is 30.3 Å². The Bertz CT molecular complexity index is 762. The van der Waals surface area contributed by atoms with Crippen LogP contribution in [0, 0.1) is 0 Å². The van der Waals surface area contributed by atoms with Gasteiger partial charge in [-0.3, -0.25) is 4.98 Å². The fourth-order valence-electron chi connectivity index (χ4n) is 1.85. The lowest BCUT2D eigenvalue weighted by atomic mass is 10.2. The molecule has 0 radical (unpaired) electrons. The molecule has 1 aromatic carbocycles. The van der Waals surface area contributed by atoms with Crippen LogP contribution in [-0.2, 0) is 6.61 Å². The third-order valence-corrected chi connectivity index (χ3v) is 3.40. The summed E-state index contributed by atoms with van der Waals surface area (Å²) in [6, 6.07) is 13.2. The van der Waals surface area contributed by atoms with Gasteiger partial charge in [0.05, 0.1) is 5.52 Å². The minimum absolute atomic E-state index is 0.335. The summed E-state index contributed by atoms with van der Waals surface area (Å²) in [6.45, 7) is 0.335. The van der Waals surface area contributed by atoms with Crippen LogP contribution in [0.25, 0.3) is 10.9 Å². The molecule has 0 saturated carbocycles. The van der Waals surface area contributed by atoms with Crippen molar-refractivity contribution in [2.45, 2.75) is 6.61 Å². The molecule has 3 rings (SSSR count). The maximum atomic E-state index is 6.00. The summed E-state index contributed by atoms with van der Waals surface area (Å²) < 4.78 is 5.71. The molecule has 0 atom stereocenters. The Hall–Kier alpha value is -1.84.